The van der Waals surface area contributed by atoms with Crippen LogP contribution in [0.5, 0.6) is 0 Å². The normalized spacial score (nSPS) is 20.5. The second kappa shape index (κ2) is 6.27. The van der Waals surface area contributed by atoms with E-state index in [9.17, 15) is 9.59 Å². The molecule has 1 aliphatic heterocycles. The van der Waals surface area contributed by atoms with E-state index in [1.807, 2.05) is 38.1 Å². The smallest absolute Gasteiger partial charge is 0.237 e. The Morgan fingerprint density at radius 2 is 1.86 bits per heavy atom. The van der Waals surface area contributed by atoms with Gasteiger partial charge in [-0.2, -0.15) is 0 Å². The van der Waals surface area contributed by atoms with Crippen LogP contribution in [0.1, 0.15) is 52.5 Å². The lowest BCUT2D eigenvalue weighted by molar-refractivity contribution is -0.122. The molecule has 22 heavy (non-hydrogen) atoms. The van der Waals surface area contributed by atoms with Crippen LogP contribution in [0.3, 0.4) is 0 Å². The monoisotopic (exact) mass is 297 g/mol. The van der Waals surface area contributed by atoms with E-state index in [0.717, 1.165) is 6.42 Å². The summed E-state index contributed by atoms with van der Waals surface area (Å²) in [6.07, 6.45) is 1.92. The summed E-state index contributed by atoms with van der Waals surface area (Å²) in [6, 6.07) is 7.73. The summed E-state index contributed by atoms with van der Waals surface area (Å²) in [5.41, 5.74) is 1.81. The Morgan fingerprint density at radius 1 is 1.27 bits per heavy atom. The third-order valence-corrected chi connectivity index (χ3v) is 4.47. The van der Waals surface area contributed by atoms with Gasteiger partial charge in [0.15, 0.2) is 0 Å². The minimum absolute atomic E-state index is 0.0301. The average Bonchev–Trinajstić information content (AvgIpc) is 2.72. The Kier molecular flexibility index (Phi) is 4.79. The van der Waals surface area contributed by atoms with Crippen molar-refractivity contribution >= 4 is 25.3 Å². The molecule has 1 aromatic rings. The number of carbonyl (C=O) groups is 2. The zero-order valence-corrected chi connectivity index (χ0v) is 13.9. The summed E-state index contributed by atoms with van der Waals surface area (Å²) in [6.45, 7) is 8.26. The molecule has 0 aliphatic carbocycles. The molecular weight excluding hydrogens is 273 g/mol. The van der Waals surface area contributed by atoms with Crippen molar-refractivity contribution in [3.63, 3.8) is 0 Å². The summed E-state index contributed by atoms with van der Waals surface area (Å²) >= 11 is 0. The second-order valence-electron chi connectivity index (χ2n) is 6.99. The Balaban J connectivity index is 2.22. The molecule has 2 amide bonds. The van der Waals surface area contributed by atoms with Gasteiger partial charge in [-0.3, -0.25) is 14.5 Å². The Bertz CT molecular complexity index is 563. The van der Waals surface area contributed by atoms with Crippen LogP contribution in [0.15, 0.2) is 24.3 Å². The van der Waals surface area contributed by atoms with E-state index in [1.54, 1.807) is 0 Å². The van der Waals surface area contributed by atoms with Gasteiger partial charge < -0.3 is 0 Å². The molecule has 0 aromatic heterocycles. The van der Waals surface area contributed by atoms with Crippen LogP contribution in [0.25, 0.3) is 0 Å². The van der Waals surface area contributed by atoms with Crippen molar-refractivity contribution in [1.82, 2.24) is 0 Å². The average molecular weight is 297 g/mol. The van der Waals surface area contributed by atoms with Crippen LogP contribution in [-0.4, -0.2) is 19.7 Å². The quantitative estimate of drug-likeness (QED) is 0.615. The third kappa shape index (κ3) is 3.26. The zero-order chi connectivity index (χ0) is 16.5. The lowest BCUT2D eigenvalue weighted by Crippen LogP contribution is -2.30. The molecule has 3 nitrogen and oxygen atoms in total. The standard InChI is InChI=1S/C18H24BNO2/c1-5-13-10-16(21)20(17(13)22)15-8-6-14(7-9-15)18(3,4)11-12(2)19/h6-9,12-13H,5,10-11H2,1-4H3. The van der Waals surface area contributed by atoms with Crippen LogP contribution in [0, 0.1) is 5.92 Å². The van der Waals surface area contributed by atoms with Gasteiger partial charge in [0.25, 0.3) is 0 Å². The maximum atomic E-state index is 12.3. The van der Waals surface area contributed by atoms with Gasteiger partial charge in [-0.15, -0.1) is 0 Å². The number of hydrogen-bond acceptors (Lipinski definition) is 2. The van der Waals surface area contributed by atoms with E-state index in [-0.39, 0.29) is 29.0 Å². The molecular formula is C18H24BNO2. The Hall–Kier alpha value is -1.58. The van der Waals surface area contributed by atoms with Crippen LogP contribution >= 0.6 is 0 Å². The minimum Gasteiger partial charge on any atom is -0.274 e. The minimum atomic E-state index is -0.165. The molecule has 1 aliphatic rings. The number of benzene rings is 1. The van der Waals surface area contributed by atoms with Gasteiger partial charge in [-0.05, 0) is 36.0 Å². The van der Waals surface area contributed by atoms with Gasteiger partial charge in [0.1, 0.15) is 0 Å². The third-order valence-electron chi connectivity index (χ3n) is 4.47. The molecule has 0 N–H and O–H groups in total. The maximum Gasteiger partial charge on any atom is 0.237 e. The number of nitrogens with zero attached hydrogens (tertiary/aromatic N) is 1. The molecule has 1 fully saturated rings. The molecule has 4 heteroatoms. The number of anilines is 1. The highest BCUT2D eigenvalue weighted by atomic mass is 16.2. The molecule has 2 rings (SSSR count). The molecule has 116 valence electrons. The number of amides is 2. The van der Waals surface area contributed by atoms with Crippen molar-refractivity contribution in [2.75, 3.05) is 4.90 Å². The van der Waals surface area contributed by atoms with Crippen LogP contribution in [0.2, 0.25) is 5.82 Å². The fraction of sp³-hybridized carbons (Fsp3) is 0.556. The number of carbonyl (C=O) groups excluding carboxylic acids is 2. The molecule has 1 saturated heterocycles. The lowest BCUT2D eigenvalue weighted by atomic mass is 9.71. The fourth-order valence-electron chi connectivity index (χ4n) is 3.27. The molecule has 1 aromatic carbocycles. The van der Waals surface area contributed by atoms with E-state index in [4.69, 9.17) is 7.85 Å². The van der Waals surface area contributed by atoms with Crippen molar-refractivity contribution < 1.29 is 9.59 Å². The molecule has 0 spiro atoms. The number of imide groups is 1. The highest BCUT2D eigenvalue weighted by Crippen LogP contribution is 2.34. The van der Waals surface area contributed by atoms with Crippen molar-refractivity contribution in [3.05, 3.63) is 29.8 Å². The molecule has 0 saturated carbocycles. The van der Waals surface area contributed by atoms with Crippen LogP contribution in [0.4, 0.5) is 5.69 Å². The van der Waals surface area contributed by atoms with Gasteiger partial charge in [0.2, 0.25) is 11.8 Å². The molecule has 2 radical (unpaired) electrons. The largest absolute Gasteiger partial charge is 0.274 e. The highest BCUT2D eigenvalue weighted by Gasteiger charge is 2.38. The summed E-state index contributed by atoms with van der Waals surface area (Å²) in [4.78, 5) is 25.7. The summed E-state index contributed by atoms with van der Waals surface area (Å²) in [5, 5.41) is 0. The van der Waals surface area contributed by atoms with Gasteiger partial charge >= 0.3 is 0 Å². The fourth-order valence-corrected chi connectivity index (χ4v) is 3.27. The first-order chi connectivity index (χ1) is 10.3. The first-order valence-electron chi connectivity index (χ1n) is 7.99. The van der Waals surface area contributed by atoms with Gasteiger partial charge in [0, 0.05) is 12.3 Å². The number of hydrogen-bond donors (Lipinski definition) is 0. The predicted octanol–water partition coefficient (Wildman–Crippen LogP) is 3.62. The first-order valence-corrected chi connectivity index (χ1v) is 7.99. The predicted molar refractivity (Wildman–Crippen MR) is 90.2 cm³/mol. The van der Waals surface area contributed by atoms with E-state index in [2.05, 4.69) is 13.8 Å². The van der Waals surface area contributed by atoms with Crippen molar-refractivity contribution in [1.29, 1.82) is 0 Å². The van der Waals surface area contributed by atoms with Crippen molar-refractivity contribution in [2.24, 2.45) is 5.92 Å². The van der Waals surface area contributed by atoms with Gasteiger partial charge in [-0.1, -0.05) is 45.6 Å². The van der Waals surface area contributed by atoms with E-state index < -0.39 is 0 Å². The number of rotatable bonds is 5. The maximum absolute atomic E-state index is 12.3. The lowest BCUT2D eigenvalue weighted by Gasteiger charge is -2.28. The molecule has 2 unspecified atom stereocenters. The summed E-state index contributed by atoms with van der Waals surface area (Å²) in [5.74, 6) is -0.210. The van der Waals surface area contributed by atoms with Gasteiger partial charge in [0.05, 0.1) is 13.5 Å². The highest BCUT2D eigenvalue weighted by molar-refractivity contribution is 6.20. The first kappa shape index (κ1) is 16.8. The van der Waals surface area contributed by atoms with Gasteiger partial charge in [-0.25, -0.2) is 0 Å². The summed E-state index contributed by atoms with van der Waals surface area (Å²) < 4.78 is 0. The summed E-state index contributed by atoms with van der Waals surface area (Å²) in [7, 11) is 5.91. The van der Waals surface area contributed by atoms with E-state index in [1.165, 1.54) is 10.5 Å². The molecule has 2 atom stereocenters. The van der Waals surface area contributed by atoms with Crippen molar-refractivity contribution in [3.8, 4) is 0 Å². The van der Waals surface area contributed by atoms with Crippen LogP contribution < -0.4 is 4.90 Å². The van der Waals surface area contributed by atoms with E-state index >= 15 is 0 Å². The Morgan fingerprint density at radius 3 is 2.32 bits per heavy atom. The van der Waals surface area contributed by atoms with Crippen molar-refractivity contribution in [2.45, 2.75) is 58.2 Å². The van der Waals surface area contributed by atoms with Crippen LogP contribution in [-0.2, 0) is 15.0 Å². The second-order valence-corrected chi connectivity index (χ2v) is 6.99. The SMILES string of the molecule is [B]C(C)CC(C)(C)c1ccc(N2C(=O)CC(CC)C2=O)cc1. The molecule has 0 bridgehead atoms. The Labute approximate surface area is 134 Å². The molecule has 1 heterocycles. The zero-order valence-electron chi connectivity index (χ0n) is 13.9. The topological polar surface area (TPSA) is 37.4 Å². The van der Waals surface area contributed by atoms with E-state index in [0.29, 0.717) is 18.5 Å².